The molecule has 0 aliphatic rings. The number of rotatable bonds is 6. The second-order valence-electron chi connectivity index (χ2n) is 2.41. The quantitative estimate of drug-likeness (QED) is 0.558. The van der Waals surface area contributed by atoms with Crippen LogP contribution in [0.3, 0.4) is 0 Å². The van der Waals surface area contributed by atoms with Crippen molar-refractivity contribution in [1.29, 1.82) is 0 Å². The molecule has 0 rings (SSSR count). The van der Waals surface area contributed by atoms with Gasteiger partial charge in [0.05, 0.1) is 12.8 Å². The maximum Gasteiger partial charge on any atom is 0.389 e. The van der Waals surface area contributed by atoms with Crippen molar-refractivity contribution < 1.29 is 22.8 Å². The number of nitrogens with one attached hydrogen (secondary N) is 1. The minimum absolute atomic E-state index is 0.0175. The van der Waals surface area contributed by atoms with Crippen LogP contribution >= 0.6 is 11.8 Å². The van der Waals surface area contributed by atoms with Crippen LogP contribution in [0.5, 0.6) is 0 Å². The van der Waals surface area contributed by atoms with Crippen LogP contribution in [-0.2, 0) is 9.63 Å². The molecule has 0 aromatic rings. The van der Waals surface area contributed by atoms with E-state index >= 15 is 0 Å². The van der Waals surface area contributed by atoms with Gasteiger partial charge in [-0.05, 0) is 0 Å². The zero-order chi connectivity index (χ0) is 11.0. The summed E-state index contributed by atoms with van der Waals surface area (Å²) in [5.74, 6) is -0.139. The zero-order valence-corrected chi connectivity index (χ0v) is 8.50. The molecule has 0 aromatic heterocycles. The van der Waals surface area contributed by atoms with Crippen LogP contribution in [0.4, 0.5) is 13.2 Å². The number of carbonyl (C=O) groups is 1. The molecule has 0 radical (unpaired) electrons. The fraction of sp³-hybridized carbons (Fsp3) is 0.857. The van der Waals surface area contributed by atoms with Gasteiger partial charge in [-0.3, -0.25) is 4.79 Å². The van der Waals surface area contributed by atoms with Crippen LogP contribution in [0.1, 0.15) is 12.8 Å². The maximum absolute atomic E-state index is 11.6. The van der Waals surface area contributed by atoms with Crippen molar-refractivity contribution in [2.24, 2.45) is 0 Å². The Balaban J connectivity index is 3.26. The SMILES string of the molecule is CNOC(=O)CCSCCC(F)(F)F. The molecule has 0 aliphatic heterocycles. The molecule has 84 valence electrons. The van der Waals surface area contributed by atoms with Crippen LogP contribution in [-0.4, -0.2) is 30.7 Å². The van der Waals surface area contributed by atoms with Crippen LogP contribution < -0.4 is 5.48 Å². The summed E-state index contributed by atoms with van der Waals surface area (Å²) >= 11 is 1.09. The molecular weight excluding hydrogens is 219 g/mol. The van der Waals surface area contributed by atoms with Crippen LogP contribution in [0.25, 0.3) is 0 Å². The molecule has 14 heavy (non-hydrogen) atoms. The standard InChI is InChI=1S/C7H12F3NO2S/c1-11-13-6(12)2-4-14-5-3-7(8,9)10/h11H,2-5H2,1H3. The Labute approximate surface area is 84.3 Å². The van der Waals surface area contributed by atoms with E-state index < -0.39 is 18.6 Å². The molecule has 0 spiro atoms. The maximum atomic E-state index is 11.6. The Kier molecular flexibility index (Phi) is 6.73. The summed E-state index contributed by atoms with van der Waals surface area (Å²) < 4.78 is 34.9. The molecule has 0 aliphatic carbocycles. The molecule has 0 heterocycles. The number of carbonyl (C=O) groups excluding carboxylic acids is 1. The molecule has 0 saturated heterocycles. The van der Waals surface area contributed by atoms with Gasteiger partial charge in [-0.25, -0.2) is 0 Å². The number of hydroxylamine groups is 1. The normalized spacial score (nSPS) is 11.4. The predicted molar refractivity (Wildman–Crippen MR) is 47.8 cm³/mol. The van der Waals surface area contributed by atoms with E-state index in [1.165, 1.54) is 7.05 Å². The zero-order valence-electron chi connectivity index (χ0n) is 7.69. The van der Waals surface area contributed by atoms with Crippen molar-refractivity contribution in [3.8, 4) is 0 Å². The summed E-state index contributed by atoms with van der Waals surface area (Å²) in [5.41, 5.74) is 2.19. The highest BCUT2D eigenvalue weighted by atomic mass is 32.2. The Hall–Kier alpha value is -0.430. The van der Waals surface area contributed by atoms with Gasteiger partial charge in [0.2, 0.25) is 0 Å². The first-order valence-corrected chi connectivity index (χ1v) is 5.12. The van der Waals surface area contributed by atoms with Crippen molar-refractivity contribution in [3.05, 3.63) is 0 Å². The van der Waals surface area contributed by atoms with Gasteiger partial charge in [-0.1, -0.05) is 0 Å². The Bertz CT molecular complexity index is 175. The minimum Gasteiger partial charge on any atom is -0.371 e. The highest BCUT2D eigenvalue weighted by Gasteiger charge is 2.26. The molecule has 0 fully saturated rings. The molecule has 0 aromatic carbocycles. The summed E-state index contributed by atoms with van der Waals surface area (Å²) in [4.78, 5) is 15.0. The second-order valence-corrected chi connectivity index (χ2v) is 3.63. The molecule has 0 bridgehead atoms. The molecule has 0 amide bonds. The van der Waals surface area contributed by atoms with Crippen molar-refractivity contribution in [3.63, 3.8) is 0 Å². The van der Waals surface area contributed by atoms with Gasteiger partial charge in [0.1, 0.15) is 0 Å². The lowest BCUT2D eigenvalue weighted by Gasteiger charge is -2.05. The minimum atomic E-state index is -4.11. The van der Waals surface area contributed by atoms with Crippen LogP contribution in [0, 0.1) is 0 Å². The predicted octanol–water partition coefficient (Wildman–Crippen LogP) is 1.74. The second kappa shape index (κ2) is 6.94. The lowest BCUT2D eigenvalue weighted by atomic mass is 10.5. The molecule has 3 nitrogen and oxygen atoms in total. The van der Waals surface area contributed by atoms with E-state index in [0.717, 1.165) is 11.8 Å². The first kappa shape index (κ1) is 13.6. The largest absolute Gasteiger partial charge is 0.389 e. The summed E-state index contributed by atoms with van der Waals surface area (Å²) in [5, 5.41) is 0. The monoisotopic (exact) mass is 231 g/mol. The van der Waals surface area contributed by atoms with Crippen LogP contribution in [0.15, 0.2) is 0 Å². The van der Waals surface area contributed by atoms with Crippen molar-refractivity contribution in [1.82, 2.24) is 5.48 Å². The third kappa shape index (κ3) is 9.66. The third-order valence-electron chi connectivity index (χ3n) is 1.20. The number of alkyl halides is 3. The number of hydrogen-bond acceptors (Lipinski definition) is 4. The molecule has 1 N–H and O–H groups in total. The summed E-state index contributed by atoms with van der Waals surface area (Å²) in [6, 6.07) is 0. The third-order valence-corrected chi connectivity index (χ3v) is 2.18. The molecular formula is C7H12F3NO2S. The van der Waals surface area contributed by atoms with Gasteiger partial charge >= 0.3 is 12.1 Å². The smallest absolute Gasteiger partial charge is 0.371 e. The summed E-state index contributed by atoms with van der Waals surface area (Å²) in [6.45, 7) is 0. The lowest BCUT2D eigenvalue weighted by Crippen LogP contribution is -2.15. The van der Waals surface area contributed by atoms with E-state index in [4.69, 9.17) is 0 Å². The number of halogens is 3. The van der Waals surface area contributed by atoms with E-state index in [0.29, 0.717) is 5.75 Å². The average molecular weight is 231 g/mol. The van der Waals surface area contributed by atoms with Gasteiger partial charge in [0, 0.05) is 18.6 Å². The van der Waals surface area contributed by atoms with Gasteiger partial charge in [-0.15, -0.1) is 0 Å². The van der Waals surface area contributed by atoms with Gasteiger partial charge < -0.3 is 4.84 Å². The van der Waals surface area contributed by atoms with Crippen molar-refractivity contribution in [2.45, 2.75) is 19.0 Å². The van der Waals surface area contributed by atoms with Gasteiger partial charge in [0.25, 0.3) is 0 Å². The molecule has 0 saturated carbocycles. The summed E-state index contributed by atoms with van der Waals surface area (Å²) in [7, 11) is 1.44. The average Bonchev–Trinajstić information content (AvgIpc) is 2.02. The van der Waals surface area contributed by atoms with Crippen molar-refractivity contribution in [2.75, 3.05) is 18.6 Å². The fourth-order valence-electron chi connectivity index (χ4n) is 0.610. The lowest BCUT2D eigenvalue weighted by molar-refractivity contribution is -0.149. The highest BCUT2D eigenvalue weighted by molar-refractivity contribution is 7.99. The van der Waals surface area contributed by atoms with Crippen LogP contribution in [0.2, 0.25) is 0 Å². The topological polar surface area (TPSA) is 38.3 Å². The van der Waals surface area contributed by atoms with Gasteiger partial charge in [0.15, 0.2) is 0 Å². The first-order chi connectivity index (χ1) is 6.45. The van der Waals surface area contributed by atoms with E-state index in [1.807, 2.05) is 0 Å². The molecule has 7 heteroatoms. The Morgan fingerprint density at radius 2 is 2.07 bits per heavy atom. The first-order valence-electron chi connectivity index (χ1n) is 3.96. The Morgan fingerprint density at radius 3 is 2.57 bits per heavy atom. The van der Waals surface area contributed by atoms with E-state index in [9.17, 15) is 18.0 Å². The van der Waals surface area contributed by atoms with E-state index in [2.05, 4.69) is 10.3 Å². The van der Waals surface area contributed by atoms with E-state index in [-0.39, 0.29) is 12.2 Å². The number of thioether (sulfide) groups is 1. The van der Waals surface area contributed by atoms with E-state index in [1.54, 1.807) is 0 Å². The Morgan fingerprint density at radius 1 is 1.43 bits per heavy atom. The fourth-order valence-corrected chi connectivity index (χ4v) is 1.50. The molecule has 0 atom stereocenters. The molecule has 0 unspecified atom stereocenters. The van der Waals surface area contributed by atoms with Gasteiger partial charge in [-0.2, -0.15) is 30.4 Å². The highest BCUT2D eigenvalue weighted by Crippen LogP contribution is 2.22. The van der Waals surface area contributed by atoms with Crippen molar-refractivity contribution >= 4 is 17.7 Å². The number of hydrogen-bond donors (Lipinski definition) is 1. The summed E-state index contributed by atoms with van der Waals surface area (Å²) in [6.07, 6.45) is -4.82.